The van der Waals surface area contributed by atoms with E-state index in [9.17, 15) is 19.5 Å². The Bertz CT molecular complexity index is 2520. The number of benzene rings is 3. The molecule has 4 aromatic rings. The summed E-state index contributed by atoms with van der Waals surface area (Å²) in [4.78, 5) is 48.9. The number of hydrogen-bond donors (Lipinski definition) is 3. The lowest BCUT2D eigenvalue weighted by Crippen LogP contribution is -2.58. The topological polar surface area (TPSA) is 133 Å². The molecule has 0 bridgehead atoms. The van der Waals surface area contributed by atoms with E-state index in [1.807, 2.05) is 62.4 Å². The Hall–Kier alpha value is -5.23. The van der Waals surface area contributed by atoms with Gasteiger partial charge in [-0.25, -0.2) is 26.9 Å². The van der Waals surface area contributed by atoms with Gasteiger partial charge < -0.3 is 30.1 Å². The van der Waals surface area contributed by atoms with Gasteiger partial charge in [-0.1, -0.05) is 69.3 Å². The molecule has 0 saturated carbocycles. The molecule has 3 amide bonds. The van der Waals surface area contributed by atoms with Crippen LogP contribution in [0.25, 0.3) is 16.0 Å². The Balaban J connectivity index is 0.891. The van der Waals surface area contributed by atoms with Crippen LogP contribution in [0.4, 0.5) is 22.0 Å². The van der Waals surface area contributed by atoms with Gasteiger partial charge in [0.25, 0.3) is 5.92 Å². The summed E-state index contributed by atoms with van der Waals surface area (Å²) in [6, 6.07) is 14.1. The Kier molecular flexibility index (Phi) is 15.7. The smallest absolute Gasteiger partial charge is 0.253 e. The summed E-state index contributed by atoms with van der Waals surface area (Å²) in [5, 5.41) is 16.1. The van der Waals surface area contributed by atoms with E-state index in [-0.39, 0.29) is 43.4 Å². The van der Waals surface area contributed by atoms with Crippen molar-refractivity contribution in [1.29, 1.82) is 0 Å². The standard InChI is InChI=1S/C52H62F5N5O6S/c1-30-20-38-37-11-9-8-10-34(37)21-39(38)45(62(30)28-51(6,7)55)44-40(53)23-36(24-41(44)54)68-19-17-52(56,57)16-18-67-27-43(64)60-47(50(3,4)5)49(66)61-26-35(63)22-42(61)48(65)58-25-32-12-14-33(15-13-32)46-31(2)59-29-69-46/h8-15,23-24,29-30,35,42,45,47,63H,16-22,25-28H2,1-7H3,(H,58,65)(H,60,64)/t30-,35-,42+,45+,47-/m1/s1. The lowest BCUT2D eigenvalue weighted by molar-refractivity contribution is -0.144. The van der Waals surface area contributed by atoms with Crippen molar-refractivity contribution in [1.82, 2.24) is 25.4 Å². The van der Waals surface area contributed by atoms with Crippen molar-refractivity contribution in [2.24, 2.45) is 5.41 Å². The van der Waals surface area contributed by atoms with Crippen molar-refractivity contribution < 1.29 is 50.9 Å². The Morgan fingerprint density at radius 3 is 2.30 bits per heavy atom. The number of fused-ring (bicyclic) bond motifs is 2. The average Bonchev–Trinajstić information content (AvgIpc) is 3.99. The van der Waals surface area contributed by atoms with E-state index < -0.39 is 103 Å². The van der Waals surface area contributed by atoms with Crippen LogP contribution in [0.2, 0.25) is 0 Å². The molecule has 1 aromatic heterocycles. The van der Waals surface area contributed by atoms with Gasteiger partial charge in [0.15, 0.2) is 0 Å². The normalized spacial score (nSPS) is 20.2. The number of thiazole rings is 1. The molecule has 0 spiro atoms. The third-order valence-corrected chi connectivity index (χ3v) is 14.0. The number of aryl methyl sites for hydroxylation is 1. The SMILES string of the molecule is Cc1ncsc1-c1ccc(CNC(=O)[C@@H]2C[C@@H](O)CN2C(=O)[C@@H](NC(=O)COCCC(F)(F)CCOc2cc(F)c([C@@H]3C4=C(C[C@@H](C)N3CC(C)(C)F)c3ccccc3C4)c(F)c2)C(C)(C)C)cc1. The molecule has 1 fully saturated rings. The molecular formula is C52H62F5N5O6S. The maximum absolute atomic E-state index is 16.1. The van der Waals surface area contributed by atoms with E-state index in [4.69, 9.17) is 9.47 Å². The summed E-state index contributed by atoms with van der Waals surface area (Å²) in [5.74, 6) is -7.27. The molecule has 7 rings (SSSR count). The van der Waals surface area contributed by atoms with Crippen LogP contribution >= 0.6 is 11.3 Å². The molecule has 3 aromatic carbocycles. The zero-order chi connectivity index (χ0) is 50.0. The van der Waals surface area contributed by atoms with Crippen molar-refractivity contribution >= 4 is 34.6 Å². The largest absolute Gasteiger partial charge is 0.493 e. The Morgan fingerprint density at radius 1 is 0.971 bits per heavy atom. The van der Waals surface area contributed by atoms with Gasteiger partial charge in [-0.3, -0.25) is 19.3 Å². The number of nitrogens with zero attached hydrogens (tertiary/aromatic N) is 3. The molecule has 1 saturated heterocycles. The second-order valence-corrected chi connectivity index (χ2v) is 21.0. The van der Waals surface area contributed by atoms with Gasteiger partial charge in [-0.15, -0.1) is 11.3 Å². The summed E-state index contributed by atoms with van der Waals surface area (Å²) >= 11 is 1.54. The minimum Gasteiger partial charge on any atom is -0.493 e. The fraction of sp³-hybridized carbons (Fsp3) is 0.500. The first-order chi connectivity index (χ1) is 32.5. The number of amides is 3. The third kappa shape index (κ3) is 12.4. The number of β-amino-alcohol motifs (C(OH)–C–C–N with tert-alkyl or cyclic N) is 1. The van der Waals surface area contributed by atoms with Crippen LogP contribution in [0.5, 0.6) is 5.75 Å². The number of hydrogen-bond acceptors (Lipinski definition) is 9. The minimum absolute atomic E-state index is 0.00366. The van der Waals surface area contributed by atoms with Crippen LogP contribution in [-0.4, -0.2) is 106 Å². The molecule has 0 radical (unpaired) electrons. The summed E-state index contributed by atoms with van der Waals surface area (Å²) in [6.45, 7) is 10.1. The van der Waals surface area contributed by atoms with Crippen LogP contribution < -0.4 is 15.4 Å². The summed E-state index contributed by atoms with van der Waals surface area (Å²) < 4.78 is 88.2. The van der Waals surface area contributed by atoms with Crippen molar-refractivity contribution in [2.75, 3.05) is 32.9 Å². The van der Waals surface area contributed by atoms with Crippen LogP contribution in [0.15, 0.2) is 71.7 Å². The zero-order valence-electron chi connectivity index (χ0n) is 40.1. The Morgan fingerprint density at radius 2 is 1.65 bits per heavy atom. The summed E-state index contributed by atoms with van der Waals surface area (Å²) in [7, 11) is 0. The molecule has 3 aliphatic rings. The maximum atomic E-state index is 16.1. The number of alkyl halides is 3. The van der Waals surface area contributed by atoms with E-state index in [0.717, 1.165) is 56.1 Å². The third-order valence-electron chi connectivity index (χ3n) is 13.0. The van der Waals surface area contributed by atoms with Crippen LogP contribution in [-0.2, 0) is 32.1 Å². The number of rotatable bonds is 18. The first kappa shape index (κ1) is 51.6. The van der Waals surface area contributed by atoms with Crippen LogP contribution in [0.1, 0.15) is 101 Å². The van der Waals surface area contributed by atoms with Gasteiger partial charge in [0.05, 0.1) is 41.4 Å². The quantitative estimate of drug-likeness (QED) is 0.0666. The van der Waals surface area contributed by atoms with Crippen molar-refractivity contribution in [2.45, 2.75) is 129 Å². The number of aliphatic hydroxyl groups is 1. The van der Waals surface area contributed by atoms with Crippen molar-refractivity contribution in [3.63, 3.8) is 0 Å². The second kappa shape index (κ2) is 21.0. The van der Waals surface area contributed by atoms with E-state index in [1.165, 1.54) is 30.1 Å². The van der Waals surface area contributed by atoms with Crippen LogP contribution in [0, 0.1) is 24.0 Å². The molecule has 3 N–H and O–H groups in total. The van der Waals surface area contributed by atoms with E-state index in [0.29, 0.717) is 12.8 Å². The predicted molar refractivity (Wildman–Crippen MR) is 254 cm³/mol. The predicted octanol–water partition coefficient (Wildman–Crippen LogP) is 8.91. The monoisotopic (exact) mass is 979 g/mol. The lowest BCUT2D eigenvalue weighted by atomic mass is 9.84. The van der Waals surface area contributed by atoms with Gasteiger partial charge in [0, 0.05) is 62.6 Å². The Labute approximate surface area is 404 Å². The average molecular weight is 980 g/mol. The zero-order valence-corrected chi connectivity index (χ0v) is 41.0. The lowest BCUT2D eigenvalue weighted by Gasteiger charge is -2.44. The van der Waals surface area contributed by atoms with Crippen molar-refractivity contribution in [3.8, 4) is 16.2 Å². The number of aromatic nitrogens is 1. The first-order valence-electron chi connectivity index (χ1n) is 23.4. The van der Waals surface area contributed by atoms with Gasteiger partial charge >= 0.3 is 0 Å². The molecule has 3 heterocycles. The molecule has 0 unspecified atom stereocenters. The second-order valence-electron chi connectivity index (χ2n) is 20.2. The van der Waals surface area contributed by atoms with Gasteiger partial charge in [0.2, 0.25) is 17.7 Å². The van der Waals surface area contributed by atoms with Gasteiger partial charge in [-0.05, 0) is 79.4 Å². The highest BCUT2D eigenvalue weighted by molar-refractivity contribution is 7.13. The molecule has 2 aliphatic heterocycles. The fourth-order valence-electron chi connectivity index (χ4n) is 9.56. The number of carbonyl (C=O) groups is 3. The number of carbonyl (C=O) groups excluding carboxylic acids is 3. The minimum atomic E-state index is -3.34. The number of ether oxygens (including phenoxy) is 2. The fourth-order valence-corrected chi connectivity index (χ4v) is 10.4. The summed E-state index contributed by atoms with van der Waals surface area (Å²) in [5.41, 5.74) is 5.64. The van der Waals surface area contributed by atoms with Crippen molar-refractivity contribution in [3.05, 3.63) is 111 Å². The summed E-state index contributed by atoms with van der Waals surface area (Å²) in [6.07, 6.45) is -1.53. The van der Waals surface area contributed by atoms with Gasteiger partial charge in [-0.2, -0.15) is 0 Å². The molecule has 17 heteroatoms. The number of aliphatic hydroxyl groups excluding tert-OH is 1. The van der Waals surface area contributed by atoms with Crippen LogP contribution in [0.3, 0.4) is 0 Å². The maximum Gasteiger partial charge on any atom is 0.253 e. The highest BCUT2D eigenvalue weighted by atomic mass is 32.1. The molecule has 11 nitrogen and oxygen atoms in total. The van der Waals surface area contributed by atoms with E-state index >= 15 is 22.0 Å². The molecular weight excluding hydrogens is 918 g/mol. The number of likely N-dealkylation sites (tertiary alicyclic amines) is 1. The molecule has 1 aliphatic carbocycles. The number of halogens is 5. The molecule has 372 valence electrons. The highest BCUT2D eigenvalue weighted by Crippen LogP contribution is 2.50. The van der Waals surface area contributed by atoms with Gasteiger partial charge in [0.1, 0.15) is 41.7 Å². The van der Waals surface area contributed by atoms with E-state index in [1.54, 1.807) is 31.2 Å². The van der Waals surface area contributed by atoms with E-state index in [2.05, 4.69) is 15.6 Å². The molecule has 69 heavy (non-hydrogen) atoms. The first-order valence-corrected chi connectivity index (χ1v) is 24.2. The number of nitrogens with one attached hydrogen (secondary N) is 2. The molecule has 5 atom stereocenters. The highest BCUT2D eigenvalue weighted by Gasteiger charge is 2.45.